The number of carboxylic acid groups (broad SMARTS) is 1. The highest BCUT2D eigenvalue weighted by Crippen LogP contribution is 2.13. The van der Waals surface area contributed by atoms with Crippen LogP contribution in [0.2, 0.25) is 0 Å². The molecule has 2 rings (SSSR count). The van der Waals surface area contributed by atoms with Gasteiger partial charge in [-0.15, -0.1) is 0 Å². The minimum absolute atomic E-state index is 0.168. The van der Waals surface area contributed by atoms with Gasteiger partial charge in [0.2, 0.25) is 0 Å². The van der Waals surface area contributed by atoms with E-state index >= 15 is 0 Å². The quantitative estimate of drug-likeness (QED) is 0.848. The highest BCUT2D eigenvalue weighted by atomic mass is 16.4. The van der Waals surface area contributed by atoms with E-state index in [1.165, 1.54) is 0 Å². The molecule has 1 heterocycles. The van der Waals surface area contributed by atoms with E-state index in [2.05, 4.69) is 10.4 Å². The Balaban J connectivity index is 1.92. The zero-order chi connectivity index (χ0) is 14.5. The molecule has 1 aromatic carbocycles. The van der Waals surface area contributed by atoms with Crippen molar-refractivity contribution in [3.05, 3.63) is 47.3 Å². The largest absolute Gasteiger partial charge is 0.481 e. The molecular formula is C15H19N3O2. The van der Waals surface area contributed by atoms with Crippen molar-refractivity contribution in [3.8, 4) is 0 Å². The molecule has 0 aliphatic carbocycles. The molecule has 5 heteroatoms. The van der Waals surface area contributed by atoms with Crippen molar-refractivity contribution in [1.29, 1.82) is 0 Å². The maximum atomic E-state index is 10.5. The number of carboxylic acids is 1. The molecule has 1 aromatic heterocycles. The number of hydrogen-bond donors (Lipinski definition) is 2. The first-order valence-electron chi connectivity index (χ1n) is 6.58. The van der Waals surface area contributed by atoms with Crippen molar-refractivity contribution in [3.63, 3.8) is 0 Å². The molecule has 0 aliphatic rings. The standard InChI is InChI=1S/C15H19N3O2/c1-11-9-17-18(2)14(11)10-16-13-6-3-12(4-7-13)5-8-15(19)20/h3-4,6-7,9,16H,5,8,10H2,1-2H3,(H,19,20). The lowest BCUT2D eigenvalue weighted by atomic mass is 10.1. The van der Waals surface area contributed by atoms with Crippen LogP contribution >= 0.6 is 0 Å². The zero-order valence-corrected chi connectivity index (χ0v) is 11.8. The second-order valence-corrected chi connectivity index (χ2v) is 4.84. The van der Waals surface area contributed by atoms with Crippen LogP contribution in [0.1, 0.15) is 23.2 Å². The summed E-state index contributed by atoms with van der Waals surface area (Å²) in [5, 5.41) is 16.2. The molecule has 0 fully saturated rings. The molecule has 0 bridgehead atoms. The Morgan fingerprint density at radius 1 is 1.35 bits per heavy atom. The summed E-state index contributed by atoms with van der Waals surface area (Å²) in [6, 6.07) is 7.87. The second-order valence-electron chi connectivity index (χ2n) is 4.84. The molecule has 2 N–H and O–H groups in total. The lowest BCUT2D eigenvalue weighted by Crippen LogP contribution is -2.06. The summed E-state index contributed by atoms with van der Waals surface area (Å²) in [6.45, 7) is 2.76. The number of benzene rings is 1. The monoisotopic (exact) mass is 273 g/mol. The highest BCUT2D eigenvalue weighted by Gasteiger charge is 2.04. The van der Waals surface area contributed by atoms with E-state index in [-0.39, 0.29) is 6.42 Å². The molecular weight excluding hydrogens is 254 g/mol. The number of rotatable bonds is 6. The average molecular weight is 273 g/mol. The maximum Gasteiger partial charge on any atom is 0.303 e. The first-order valence-corrected chi connectivity index (χ1v) is 6.58. The third kappa shape index (κ3) is 3.60. The lowest BCUT2D eigenvalue weighted by Gasteiger charge is -2.08. The van der Waals surface area contributed by atoms with Gasteiger partial charge in [0, 0.05) is 19.2 Å². The van der Waals surface area contributed by atoms with Crippen molar-refractivity contribution < 1.29 is 9.90 Å². The van der Waals surface area contributed by atoms with Gasteiger partial charge in [-0.3, -0.25) is 9.48 Å². The van der Waals surface area contributed by atoms with Crippen LogP contribution in [-0.2, 0) is 24.8 Å². The number of nitrogens with one attached hydrogen (secondary N) is 1. The Hall–Kier alpha value is -2.30. The van der Waals surface area contributed by atoms with Crippen molar-refractivity contribution in [2.45, 2.75) is 26.3 Å². The van der Waals surface area contributed by atoms with E-state index in [0.717, 1.165) is 29.1 Å². The molecule has 0 spiro atoms. The maximum absolute atomic E-state index is 10.5. The summed E-state index contributed by atoms with van der Waals surface area (Å²) in [6.07, 6.45) is 2.59. The van der Waals surface area contributed by atoms with Gasteiger partial charge in [-0.2, -0.15) is 5.10 Å². The summed E-state index contributed by atoms with van der Waals surface area (Å²) in [5.74, 6) is -0.765. The third-order valence-electron chi connectivity index (χ3n) is 3.31. The molecule has 106 valence electrons. The van der Waals surface area contributed by atoms with Gasteiger partial charge < -0.3 is 10.4 Å². The Bertz CT molecular complexity index is 568. The van der Waals surface area contributed by atoms with E-state index in [1.54, 1.807) is 0 Å². The predicted octanol–water partition coefficient (Wildman–Crippen LogP) is 2.36. The van der Waals surface area contributed by atoms with Crippen LogP contribution in [-0.4, -0.2) is 20.9 Å². The molecule has 0 radical (unpaired) electrons. The third-order valence-corrected chi connectivity index (χ3v) is 3.31. The zero-order valence-electron chi connectivity index (χ0n) is 11.8. The van der Waals surface area contributed by atoms with E-state index in [0.29, 0.717) is 6.42 Å². The smallest absolute Gasteiger partial charge is 0.303 e. The predicted molar refractivity (Wildman–Crippen MR) is 77.7 cm³/mol. The SMILES string of the molecule is Cc1cnn(C)c1CNc1ccc(CCC(=O)O)cc1. The number of hydrogen-bond acceptors (Lipinski definition) is 3. The van der Waals surface area contributed by atoms with Gasteiger partial charge in [0.25, 0.3) is 0 Å². The molecule has 5 nitrogen and oxygen atoms in total. The van der Waals surface area contributed by atoms with Gasteiger partial charge in [0.15, 0.2) is 0 Å². The number of carbonyl (C=O) groups is 1. The second kappa shape index (κ2) is 6.23. The number of nitrogens with zero attached hydrogens (tertiary/aromatic N) is 2. The highest BCUT2D eigenvalue weighted by molar-refractivity contribution is 5.67. The average Bonchev–Trinajstić information content (AvgIpc) is 2.75. The van der Waals surface area contributed by atoms with E-state index in [4.69, 9.17) is 5.11 Å². The fraction of sp³-hybridized carbons (Fsp3) is 0.333. The topological polar surface area (TPSA) is 67.2 Å². The normalized spacial score (nSPS) is 10.5. The van der Waals surface area contributed by atoms with Crippen LogP contribution in [0.25, 0.3) is 0 Å². The van der Waals surface area contributed by atoms with Crippen molar-refractivity contribution in [1.82, 2.24) is 9.78 Å². The summed E-state index contributed by atoms with van der Waals surface area (Å²) in [7, 11) is 1.93. The van der Waals surface area contributed by atoms with Crippen molar-refractivity contribution in [2.24, 2.45) is 7.05 Å². The molecule has 0 atom stereocenters. The van der Waals surface area contributed by atoms with E-state index < -0.39 is 5.97 Å². The number of aromatic nitrogens is 2. The van der Waals surface area contributed by atoms with E-state index in [1.807, 2.05) is 49.1 Å². The van der Waals surface area contributed by atoms with Gasteiger partial charge >= 0.3 is 5.97 Å². The molecule has 0 amide bonds. The van der Waals surface area contributed by atoms with Gasteiger partial charge in [-0.25, -0.2) is 0 Å². The minimum Gasteiger partial charge on any atom is -0.481 e. The number of aryl methyl sites for hydroxylation is 3. The Morgan fingerprint density at radius 2 is 2.05 bits per heavy atom. The summed E-state index contributed by atoms with van der Waals surface area (Å²) < 4.78 is 1.86. The van der Waals surface area contributed by atoms with Gasteiger partial charge in [0.1, 0.15) is 0 Å². The van der Waals surface area contributed by atoms with Crippen LogP contribution in [0.4, 0.5) is 5.69 Å². The fourth-order valence-electron chi connectivity index (χ4n) is 2.05. The van der Waals surface area contributed by atoms with Crippen molar-refractivity contribution in [2.75, 3.05) is 5.32 Å². The summed E-state index contributed by atoms with van der Waals surface area (Å²) >= 11 is 0. The summed E-state index contributed by atoms with van der Waals surface area (Å²) in [4.78, 5) is 10.5. The Morgan fingerprint density at radius 3 is 2.60 bits per heavy atom. The molecule has 0 aliphatic heterocycles. The first-order chi connectivity index (χ1) is 9.56. The van der Waals surface area contributed by atoms with Crippen LogP contribution in [0.15, 0.2) is 30.5 Å². The molecule has 0 saturated heterocycles. The number of anilines is 1. The molecule has 0 unspecified atom stereocenters. The molecule has 2 aromatic rings. The van der Waals surface area contributed by atoms with Crippen molar-refractivity contribution >= 4 is 11.7 Å². The van der Waals surface area contributed by atoms with Gasteiger partial charge in [0.05, 0.1) is 18.4 Å². The summed E-state index contributed by atoms with van der Waals surface area (Å²) in [5.41, 5.74) is 4.37. The van der Waals surface area contributed by atoms with Crippen LogP contribution < -0.4 is 5.32 Å². The number of aliphatic carboxylic acids is 1. The first kappa shape index (κ1) is 14.1. The Kier molecular flexibility index (Phi) is 4.40. The Labute approximate surface area is 118 Å². The molecule has 0 saturated carbocycles. The van der Waals surface area contributed by atoms with E-state index in [9.17, 15) is 4.79 Å². The lowest BCUT2D eigenvalue weighted by molar-refractivity contribution is -0.136. The molecule has 20 heavy (non-hydrogen) atoms. The van der Waals surface area contributed by atoms with Crippen LogP contribution in [0.5, 0.6) is 0 Å². The minimum atomic E-state index is -0.765. The van der Waals surface area contributed by atoms with Crippen LogP contribution in [0, 0.1) is 6.92 Å². The van der Waals surface area contributed by atoms with Gasteiger partial charge in [-0.1, -0.05) is 12.1 Å². The fourth-order valence-corrected chi connectivity index (χ4v) is 2.05. The van der Waals surface area contributed by atoms with Gasteiger partial charge in [-0.05, 0) is 36.6 Å². The van der Waals surface area contributed by atoms with Crippen LogP contribution in [0.3, 0.4) is 0 Å².